The quantitative estimate of drug-likeness (QED) is 0.732. The minimum absolute atomic E-state index is 0.132. The molecule has 0 fully saturated rings. The molecule has 0 saturated heterocycles. The van der Waals surface area contributed by atoms with Crippen LogP contribution in [0, 0.1) is 5.95 Å². The highest BCUT2D eigenvalue weighted by molar-refractivity contribution is 5.90. The van der Waals surface area contributed by atoms with E-state index in [9.17, 15) is 14.0 Å². The zero-order valence-corrected chi connectivity index (χ0v) is 8.50. The molecule has 1 amide bonds. The molecule has 0 aromatic carbocycles. The SMILES string of the molecule is NC(=O)c1ccc(=O)n(-c2cccnc2F)n1. The van der Waals surface area contributed by atoms with Crippen molar-refractivity contribution in [2.45, 2.75) is 0 Å². The van der Waals surface area contributed by atoms with E-state index in [0.29, 0.717) is 0 Å². The zero-order valence-electron chi connectivity index (χ0n) is 8.50. The standard InChI is InChI=1S/C10H7FN4O2/c11-9-7(2-1-5-13-9)15-8(16)4-3-6(14-15)10(12)17/h1-5H,(H2,12,17). The summed E-state index contributed by atoms with van der Waals surface area (Å²) < 4.78 is 14.1. The first-order valence-electron chi connectivity index (χ1n) is 4.60. The van der Waals surface area contributed by atoms with Crippen molar-refractivity contribution >= 4 is 5.91 Å². The van der Waals surface area contributed by atoms with E-state index in [1.165, 1.54) is 24.4 Å². The number of nitrogens with zero attached hydrogens (tertiary/aromatic N) is 3. The van der Waals surface area contributed by atoms with Crippen LogP contribution in [-0.4, -0.2) is 20.7 Å². The number of primary amides is 1. The number of hydrogen-bond acceptors (Lipinski definition) is 4. The minimum Gasteiger partial charge on any atom is -0.364 e. The molecule has 0 radical (unpaired) electrons. The van der Waals surface area contributed by atoms with Crippen molar-refractivity contribution in [3.63, 3.8) is 0 Å². The number of hydrogen-bond donors (Lipinski definition) is 1. The number of aromatic nitrogens is 3. The predicted molar refractivity (Wildman–Crippen MR) is 56.1 cm³/mol. The van der Waals surface area contributed by atoms with Gasteiger partial charge in [0, 0.05) is 12.3 Å². The van der Waals surface area contributed by atoms with Crippen molar-refractivity contribution in [1.82, 2.24) is 14.8 Å². The number of nitrogens with two attached hydrogens (primary N) is 1. The molecule has 86 valence electrons. The summed E-state index contributed by atoms with van der Waals surface area (Å²) in [6, 6.07) is 5.03. The van der Waals surface area contributed by atoms with Gasteiger partial charge < -0.3 is 5.73 Å². The van der Waals surface area contributed by atoms with Crippen molar-refractivity contribution in [3.8, 4) is 5.69 Å². The molecule has 2 aromatic heterocycles. The van der Waals surface area contributed by atoms with Gasteiger partial charge in [-0.2, -0.15) is 14.2 Å². The molecule has 2 N–H and O–H groups in total. The molecule has 0 bridgehead atoms. The summed E-state index contributed by atoms with van der Waals surface area (Å²) in [7, 11) is 0. The largest absolute Gasteiger partial charge is 0.364 e. The van der Waals surface area contributed by atoms with Crippen LogP contribution in [0.5, 0.6) is 0 Å². The summed E-state index contributed by atoms with van der Waals surface area (Å²) in [4.78, 5) is 25.8. The molecule has 2 rings (SSSR count). The maximum absolute atomic E-state index is 13.4. The molecule has 0 aliphatic rings. The Morgan fingerprint density at radius 1 is 1.35 bits per heavy atom. The van der Waals surface area contributed by atoms with E-state index < -0.39 is 17.4 Å². The van der Waals surface area contributed by atoms with Gasteiger partial charge in [0.25, 0.3) is 11.5 Å². The molecular weight excluding hydrogens is 227 g/mol. The van der Waals surface area contributed by atoms with Crippen LogP contribution in [-0.2, 0) is 0 Å². The second kappa shape index (κ2) is 4.12. The molecule has 0 unspecified atom stereocenters. The second-order valence-electron chi connectivity index (χ2n) is 3.15. The van der Waals surface area contributed by atoms with Gasteiger partial charge in [-0.3, -0.25) is 9.59 Å². The fraction of sp³-hybridized carbons (Fsp3) is 0. The van der Waals surface area contributed by atoms with Crippen LogP contribution in [0.1, 0.15) is 10.5 Å². The van der Waals surface area contributed by atoms with Crippen molar-refractivity contribution in [2.24, 2.45) is 5.73 Å². The monoisotopic (exact) mass is 234 g/mol. The predicted octanol–water partition coefficient (Wildman–Crippen LogP) is -0.135. The summed E-state index contributed by atoms with van der Waals surface area (Å²) in [5, 5.41) is 3.65. The zero-order chi connectivity index (χ0) is 12.4. The lowest BCUT2D eigenvalue weighted by atomic mass is 10.3. The van der Waals surface area contributed by atoms with Crippen LogP contribution < -0.4 is 11.3 Å². The Bertz CT molecular complexity index is 638. The Kier molecular flexibility index (Phi) is 2.65. The van der Waals surface area contributed by atoms with Crippen LogP contribution in [0.25, 0.3) is 5.69 Å². The second-order valence-corrected chi connectivity index (χ2v) is 3.15. The maximum Gasteiger partial charge on any atom is 0.271 e. The number of carbonyl (C=O) groups excluding carboxylic acids is 1. The van der Waals surface area contributed by atoms with E-state index in [2.05, 4.69) is 10.1 Å². The van der Waals surface area contributed by atoms with Gasteiger partial charge in [-0.1, -0.05) is 0 Å². The Morgan fingerprint density at radius 3 is 2.76 bits per heavy atom. The van der Waals surface area contributed by atoms with Gasteiger partial charge in [0.05, 0.1) is 0 Å². The van der Waals surface area contributed by atoms with Crippen molar-refractivity contribution in [3.05, 3.63) is 52.5 Å². The number of amides is 1. The smallest absolute Gasteiger partial charge is 0.271 e. The van der Waals surface area contributed by atoms with E-state index in [1.54, 1.807) is 0 Å². The summed E-state index contributed by atoms with van der Waals surface area (Å²) >= 11 is 0. The number of rotatable bonds is 2. The van der Waals surface area contributed by atoms with Gasteiger partial charge in [-0.15, -0.1) is 0 Å². The van der Waals surface area contributed by atoms with Crippen LogP contribution in [0.3, 0.4) is 0 Å². The number of carbonyl (C=O) groups is 1. The van der Waals surface area contributed by atoms with E-state index in [4.69, 9.17) is 5.73 Å². The lowest BCUT2D eigenvalue weighted by Gasteiger charge is -2.05. The summed E-state index contributed by atoms with van der Waals surface area (Å²) in [5.41, 5.74) is 4.17. The van der Waals surface area contributed by atoms with Gasteiger partial charge in [0.15, 0.2) is 0 Å². The average Bonchev–Trinajstić information content (AvgIpc) is 2.30. The Hall–Kier alpha value is -2.57. The van der Waals surface area contributed by atoms with Crippen LogP contribution >= 0.6 is 0 Å². The first-order chi connectivity index (χ1) is 8.09. The van der Waals surface area contributed by atoms with Crippen molar-refractivity contribution in [1.29, 1.82) is 0 Å². The fourth-order valence-corrected chi connectivity index (χ4v) is 1.25. The molecule has 0 atom stereocenters. The number of pyridine rings is 1. The maximum atomic E-state index is 13.4. The average molecular weight is 234 g/mol. The van der Waals surface area contributed by atoms with Gasteiger partial charge in [-0.05, 0) is 18.2 Å². The Balaban J connectivity index is 2.67. The fourth-order valence-electron chi connectivity index (χ4n) is 1.25. The third kappa shape index (κ3) is 2.03. The van der Waals surface area contributed by atoms with E-state index >= 15 is 0 Å². The van der Waals surface area contributed by atoms with Crippen molar-refractivity contribution in [2.75, 3.05) is 0 Å². The van der Waals surface area contributed by atoms with Gasteiger partial charge >= 0.3 is 0 Å². The molecule has 0 aliphatic carbocycles. The molecule has 0 saturated carbocycles. The molecule has 0 aliphatic heterocycles. The summed E-state index contributed by atoms with van der Waals surface area (Å²) in [5.74, 6) is -1.66. The molecular formula is C10H7FN4O2. The van der Waals surface area contributed by atoms with Crippen LogP contribution in [0.4, 0.5) is 4.39 Å². The minimum atomic E-state index is -0.858. The first kappa shape index (κ1) is 10.9. The lowest BCUT2D eigenvalue weighted by Crippen LogP contribution is -2.25. The normalized spacial score (nSPS) is 10.2. The van der Waals surface area contributed by atoms with Crippen LogP contribution in [0.2, 0.25) is 0 Å². The first-order valence-corrected chi connectivity index (χ1v) is 4.60. The van der Waals surface area contributed by atoms with E-state index in [1.807, 2.05) is 0 Å². The molecule has 17 heavy (non-hydrogen) atoms. The van der Waals surface area contributed by atoms with Crippen molar-refractivity contribution < 1.29 is 9.18 Å². The third-order valence-corrected chi connectivity index (χ3v) is 2.02. The summed E-state index contributed by atoms with van der Waals surface area (Å²) in [6.45, 7) is 0. The highest BCUT2D eigenvalue weighted by Crippen LogP contribution is 2.06. The Labute approximate surface area is 94.5 Å². The van der Waals surface area contributed by atoms with Gasteiger partial charge in [0.1, 0.15) is 11.4 Å². The Morgan fingerprint density at radius 2 is 2.12 bits per heavy atom. The third-order valence-electron chi connectivity index (χ3n) is 2.02. The van der Waals surface area contributed by atoms with Gasteiger partial charge in [-0.25, -0.2) is 4.98 Å². The topological polar surface area (TPSA) is 90.9 Å². The molecule has 2 aromatic rings. The van der Waals surface area contributed by atoms with E-state index in [-0.39, 0.29) is 11.4 Å². The summed E-state index contributed by atoms with van der Waals surface area (Å²) in [6.07, 6.45) is 1.24. The molecule has 2 heterocycles. The molecule has 7 heteroatoms. The lowest BCUT2D eigenvalue weighted by molar-refractivity contribution is 0.0994. The highest BCUT2D eigenvalue weighted by Gasteiger charge is 2.10. The van der Waals surface area contributed by atoms with Gasteiger partial charge in [0.2, 0.25) is 5.95 Å². The van der Waals surface area contributed by atoms with Crippen LogP contribution in [0.15, 0.2) is 35.3 Å². The number of halogens is 1. The molecule has 6 nitrogen and oxygen atoms in total. The highest BCUT2D eigenvalue weighted by atomic mass is 19.1. The van der Waals surface area contributed by atoms with E-state index in [0.717, 1.165) is 10.7 Å². The molecule has 0 spiro atoms.